The van der Waals surface area contributed by atoms with Gasteiger partial charge in [-0.15, -0.1) is 0 Å². The normalized spacial score (nSPS) is 11.1. The molecule has 0 fully saturated rings. The number of ether oxygens (including phenoxy) is 2. The molecule has 0 heterocycles. The van der Waals surface area contributed by atoms with Crippen molar-refractivity contribution in [3.05, 3.63) is 34.9 Å². The molecule has 0 spiro atoms. The highest BCUT2D eigenvalue weighted by atomic mass is 16.5. The van der Waals surface area contributed by atoms with Crippen molar-refractivity contribution in [1.29, 1.82) is 0 Å². The summed E-state index contributed by atoms with van der Waals surface area (Å²) in [7, 11) is 0. The van der Waals surface area contributed by atoms with Crippen LogP contribution in [-0.2, 0) is 26.1 Å². The number of carbonyl (C=O) groups excluding carboxylic acids is 2. The van der Waals surface area contributed by atoms with Crippen LogP contribution in [0.1, 0.15) is 56.1 Å². The average Bonchev–Trinajstić information content (AvgIpc) is 2.38. The molecular formula is C17H24O4. The molecule has 0 saturated carbocycles. The predicted octanol–water partition coefficient (Wildman–Crippen LogP) is 3.27. The van der Waals surface area contributed by atoms with Gasteiger partial charge in [-0.2, -0.15) is 0 Å². The highest BCUT2D eigenvalue weighted by Gasteiger charge is 2.20. The fourth-order valence-electron chi connectivity index (χ4n) is 1.96. The molecule has 0 aromatic heterocycles. The summed E-state index contributed by atoms with van der Waals surface area (Å²) in [4.78, 5) is 23.8. The Kier molecular flexibility index (Phi) is 5.94. The summed E-state index contributed by atoms with van der Waals surface area (Å²) in [5.41, 5.74) is 2.03. The van der Waals surface area contributed by atoms with Crippen molar-refractivity contribution in [3.63, 3.8) is 0 Å². The third-order valence-corrected chi connectivity index (χ3v) is 3.11. The first-order valence-electron chi connectivity index (χ1n) is 7.25. The minimum atomic E-state index is -0.400. The SMILES string of the molecule is CCOC(=O)Cc1ccc(C(C)(C)C)cc1C(=O)OCC. The van der Waals surface area contributed by atoms with Gasteiger partial charge in [0.25, 0.3) is 0 Å². The largest absolute Gasteiger partial charge is 0.466 e. The predicted molar refractivity (Wildman–Crippen MR) is 81.4 cm³/mol. The zero-order valence-electron chi connectivity index (χ0n) is 13.5. The number of hydrogen-bond donors (Lipinski definition) is 0. The molecule has 0 N–H and O–H groups in total. The molecule has 4 nitrogen and oxygen atoms in total. The highest BCUT2D eigenvalue weighted by molar-refractivity contribution is 5.93. The first-order valence-corrected chi connectivity index (χ1v) is 7.25. The number of esters is 2. The van der Waals surface area contributed by atoms with Crippen LogP contribution in [0.4, 0.5) is 0 Å². The topological polar surface area (TPSA) is 52.6 Å². The zero-order chi connectivity index (χ0) is 16.0. The summed E-state index contributed by atoms with van der Waals surface area (Å²) in [5, 5.41) is 0. The summed E-state index contributed by atoms with van der Waals surface area (Å²) in [6.07, 6.45) is 0.0758. The minimum Gasteiger partial charge on any atom is -0.466 e. The van der Waals surface area contributed by atoms with Crippen molar-refractivity contribution in [1.82, 2.24) is 0 Å². The third kappa shape index (κ3) is 4.88. The van der Waals surface area contributed by atoms with Gasteiger partial charge in [0.15, 0.2) is 0 Å². The molecular weight excluding hydrogens is 268 g/mol. The lowest BCUT2D eigenvalue weighted by molar-refractivity contribution is -0.142. The summed E-state index contributed by atoms with van der Waals surface area (Å²) in [6, 6.07) is 5.56. The van der Waals surface area contributed by atoms with Crippen LogP contribution in [0.2, 0.25) is 0 Å². The Bertz CT molecular complexity index is 512. The van der Waals surface area contributed by atoms with Crippen molar-refractivity contribution >= 4 is 11.9 Å². The average molecular weight is 292 g/mol. The third-order valence-electron chi connectivity index (χ3n) is 3.11. The molecule has 0 aliphatic carbocycles. The van der Waals surface area contributed by atoms with E-state index in [0.29, 0.717) is 24.3 Å². The molecule has 1 rings (SSSR count). The Hall–Kier alpha value is -1.84. The molecule has 116 valence electrons. The van der Waals surface area contributed by atoms with Crippen molar-refractivity contribution in [2.75, 3.05) is 13.2 Å². The first-order chi connectivity index (χ1) is 9.79. The quantitative estimate of drug-likeness (QED) is 0.782. The van der Waals surface area contributed by atoms with Crippen molar-refractivity contribution < 1.29 is 19.1 Å². The van der Waals surface area contributed by atoms with E-state index in [1.165, 1.54) is 0 Å². The van der Waals surface area contributed by atoms with Gasteiger partial charge in [0.2, 0.25) is 0 Å². The van der Waals surface area contributed by atoms with E-state index in [4.69, 9.17) is 9.47 Å². The molecule has 0 bridgehead atoms. The molecule has 4 heteroatoms. The molecule has 0 atom stereocenters. The molecule has 0 radical (unpaired) electrons. The maximum absolute atomic E-state index is 12.1. The van der Waals surface area contributed by atoms with Gasteiger partial charge in [-0.25, -0.2) is 4.79 Å². The summed E-state index contributed by atoms with van der Waals surface area (Å²) < 4.78 is 10.0. The second-order valence-corrected chi connectivity index (χ2v) is 5.82. The van der Waals surface area contributed by atoms with E-state index < -0.39 is 5.97 Å². The maximum Gasteiger partial charge on any atom is 0.338 e. The first kappa shape index (κ1) is 17.2. The summed E-state index contributed by atoms with van der Waals surface area (Å²) in [5.74, 6) is -0.741. The van der Waals surface area contributed by atoms with Gasteiger partial charge in [-0.3, -0.25) is 4.79 Å². The van der Waals surface area contributed by atoms with E-state index in [9.17, 15) is 9.59 Å². The van der Waals surface area contributed by atoms with Gasteiger partial charge in [0.1, 0.15) is 0 Å². The zero-order valence-corrected chi connectivity index (χ0v) is 13.5. The van der Waals surface area contributed by atoms with Crippen molar-refractivity contribution in [3.8, 4) is 0 Å². The molecule has 0 aliphatic heterocycles. The monoisotopic (exact) mass is 292 g/mol. The lowest BCUT2D eigenvalue weighted by Gasteiger charge is -2.21. The van der Waals surface area contributed by atoms with Gasteiger partial charge in [-0.05, 0) is 36.5 Å². The fraction of sp³-hybridized carbons (Fsp3) is 0.529. The minimum absolute atomic E-state index is 0.0758. The van der Waals surface area contributed by atoms with Crippen molar-refractivity contribution in [2.24, 2.45) is 0 Å². The molecule has 1 aromatic carbocycles. The van der Waals surface area contributed by atoms with Crippen LogP contribution in [0.15, 0.2) is 18.2 Å². The van der Waals surface area contributed by atoms with Crippen molar-refractivity contribution in [2.45, 2.75) is 46.5 Å². The van der Waals surface area contributed by atoms with Crippen LogP contribution < -0.4 is 0 Å². The Labute approximate surface area is 126 Å². The van der Waals surface area contributed by atoms with E-state index in [-0.39, 0.29) is 17.8 Å². The lowest BCUT2D eigenvalue weighted by Crippen LogP contribution is -2.17. The Balaban J connectivity index is 3.17. The van der Waals surface area contributed by atoms with Gasteiger partial charge in [-0.1, -0.05) is 32.9 Å². The molecule has 0 unspecified atom stereocenters. The van der Waals surface area contributed by atoms with E-state index in [2.05, 4.69) is 20.8 Å². The Morgan fingerprint density at radius 1 is 1.05 bits per heavy atom. The van der Waals surface area contributed by atoms with Crippen LogP contribution >= 0.6 is 0 Å². The lowest BCUT2D eigenvalue weighted by atomic mass is 9.85. The van der Waals surface area contributed by atoms with Gasteiger partial charge >= 0.3 is 11.9 Å². The Morgan fingerprint density at radius 2 is 1.67 bits per heavy atom. The van der Waals surface area contributed by atoms with Crippen LogP contribution in [0.25, 0.3) is 0 Å². The van der Waals surface area contributed by atoms with E-state index in [1.807, 2.05) is 18.2 Å². The number of carbonyl (C=O) groups is 2. The van der Waals surface area contributed by atoms with Gasteiger partial charge in [0.05, 0.1) is 25.2 Å². The maximum atomic E-state index is 12.1. The van der Waals surface area contributed by atoms with Crippen LogP contribution in [0, 0.1) is 0 Å². The molecule has 0 amide bonds. The van der Waals surface area contributed by atoms with Crippen LogP contribution in [-0.4, -0.2) is 25.2 Å². The summed E-state index contributed by atoms with van der Waals surface area (Å²) in [6.45, 7) is 10.4. The number of hydrogen-bond acceptors (Lipinski definition) is 4. The van der Waals surface area contributed by atoms with E-state index >= 15 is 0 Å². The van der Waals surface area contributed by atoms with Gasteiger partial charge < -0.3 is 9.47 Å². The highest BCUT2D eigenvalue weighted by Crippen LogP contribution is 2.25. The number of rotatable bonds is 5. The summed E-state index contributed by atoms with van der Waals surface area (Å²) >= 11 is 0. The van der Waals surface area contributed by atoms with Crippen LogP contribution in [0.3, 0.4) is 0 Å². The Morgan fingerprint density at radius 3 is 2.19 bits per heavy atom. The van der Waals surface area contributed by atoms with Gasteiger partial charge in [0, 0.05) is 0 Å². The molecule has 21 heavy (non-hydrogen) atoms. The standard InChI is InChI=1S/C17H24O4/c1-6-20-15(18)10-12-8-9-13(17(3,4)5)11-14(12)16(19)21-7-2/h8-9,11H,6-7,10H2,1-5H3. The molecule has 1 aromatic rings. The second kappa shape index (κ2) is 7.25. The van der Waals surface area contributed by atoms with E-state index in [1.54, 1.807) is 13.8 Å². The smallest absolute Gasteiger partial charge is 0.338 e. The van der Waals surface area contributed by atoms with E-state index in [0.717, 1.165) is 5.56 Å². The molecule has 0 aliphatic rings. The number of benzene rings is 1. The second-order valence-electron chi connectivity index (χ2n) is 5.82. The fourth-order valence-corrected chi connectivity index (χ4v) is 1.96. The molecule has 0 saturated heterocycles. The van der Waals surface area contributed by atoms with Crippen LogP contribution in [0.5, 0.6) is 0 Å².